The van der Waals surface area contributed by atoms with E-state index in [2.05, 4.69) is 14.7 Å². The van der Waals surface area contributed by atoms with Crippen LogP contribution in [0, 0.1) is 0 Å². The van der Waals surface area contributed by atoms with Crippen molar-refractivity contribution in [2.24, 2.45) is 0 Å². The maximum absolute atomic E-state index is 12.5. The molecule has 0 saturated carbocycles. The highest BCUT2D eigenvalue weighted by Gasteiger charge is 2.15. The zero-order valence-electron chi connectivity index (χ0n) is 13.9. The number of aromatic nitrogens is 2. The molecule has 1 aromatic heterocycles. The maximum Gasteiger partial charge on any atom is 0.261 e. The first-order chi connectivity index (χ1) is 12.2. The molecule has 0 saturated heterocycles. The number of methoxy groups -OCH3 is 1. The number of anilines is 1. The molecule has 3 aromatic rings. The predicted molar refractivity (Wildman–Crippen MR) is 97.5 cm³/mol. The van der Waals surface area contributed by atoms with Crippen molar-refractivity contribution in [1.29, 1.82) is 0 Å². The molecule has 6 nitrogen and oxygen atoms in total. The molecule has 2 aromatic carbocycles. The summed E-state index contributed by atoms with van der Waals surface area (Å²) in [7, 11) is 1.61. The lowest BCUT2D eigenvalue weighted by molar-refractivity contribution is 0.102. The lowest BCUT2D eigenvalue weighted by Crippen LogP contribution is -2.13. The third-order valence-corrected chi connectivity index (χ3v) is 4.06. The molecule has 1 amide bonds. The van der Waals surface area contributed by atoms with Crippen molar-refractivity contribution in [3.63, 3.8) is 0 Å². The second kappa shape index (κ2) is 7.76. The van der Waals surface area contributed by atoms with Gasteiger partial charge in [0.15, 0.2) is 5.82 Å². The van der Waals surface area contributed by atoms with Crippen molar-refractivity contribution in [2.45, 2.75) is 6.92 Å². The Morgan fingerprint density at radius 2 is 1.92 bits per heavy atom. The lowest BCUT2D eigenvalue weighted by Gasteiger charge is -2.08. The van der Waals surface area contributed by atoms with Crippen LogP contribution in [0.4, 0.5) is 5.13 Å². The van der Waals surface area contributed by atoms with Crippen LogP contribution in [0.15, 0.2) is 48.5 Å². The van der Waals surface area contributed by atoms with Gasteiger partial charge in [0.1, 0.15) is 11.5 Å². The Morgan fingerprint density at radius 1 is 1.16 bits per heavy atom. The molecule has 0 bridgehead atoms. The van der Waals surface area contributed by atoms with Gasteiger partial charge in [0.25, 0.3) is 5.91 Å². The van der Waals surface area contributed by atoms with Crippen LogP contribution < -0.4 is 14.8 Å². The molecule has 0 aliphatic carbocycles. The van der Waals surface area contributed by atoms with Crippen molar-refractivity contribution in [3.8, 4) is 22.9 Å². The first-order valence-corrected chi connectivity index (χ1v) is 8.50. The van der Waals surface area contributed by atoms with E-state index in [4.69, 9.17) is 9.47 Å². The van der Waals surface area contributed by atoms with Gasteiger partial charge in [-0.15, -0.1) is 0 Å². The molecule has 0 aliphatic heterocycles. The van der Waals surface area contributed by atoms with Crippen molar-refractivity contribution >= 4 is 22.6 Å². The van der Waals surface area contributed by atoms with Crippen LogP contribution >= 0.6 is 11.5 Å². The Bertz CT molecular complexity index is 862. The van der Waals surface area contributed by atoms with Gasteiger partial charge in [0, 0.05) is 17.1 Å². The average Bonchev–Trinajstić information content (AvgIpc) is 3.11. The number of nitrogens with one attached hydrogen (secondary N) is 1. The predicted octanol–water partition coefficient (Wildman–Crippen LogP) is 3.86. The number of carbonyl (C=O) groups excluding carboxylic acids is 1. The summed E-state index contributed by atoms with van der Waals surface area (Å²) in [6.07, 6.45) is 0. The smallest absolute Gasteiger partial charge is 0.261 e. The van der Waals surface area contributed by atoms with Crippen LogP contribution in [-0.2, 0) is 0 Å². The molecule has 25 heavy (non-hydrogen) atoms. The molecule has 0 atom stereocenters. The summed E-state index contributed by atoms with van der Waals surface area (Å²) in [6, 6.07) is 14.5. The van der Waals surface area contributed by atoms with E-state index in [1.807, 2.05) is 37.3 Å². The molecule has 7 heteroatoms. The SMILES string of the molecule is CCOc1ccccc1C(=O)Nc1nc(-c2ccc(OC)cc2)ns1. The van der Waals surface area contributed by atoms with Gasteiger partial charge in [0.2, 0.25) is 5.13 Å². The molecular weight excluding hydrogens is 338 g/mol. The second-order valence-corrected chi connectivity index (χ2v) is 5.79. The van der Waals surface area contributed by atoms with Crippen LogP contribution in [0.1, 0.15) is 17.3 Å². The Morgan fingerprint density at radius 3 is 2.64 bits per heavy atom. The normalized spacial score (nSPS) is 10.3. The van der Waals surface area contributed by atoms with Crippen LogP contribution in [0.3, 0.4) is 0 Å². The summed E-state index contributed by atoms with van der Waals surface area (Å²) in [6.45, 7) is 2.37. The fourth-order valence-corrected chi connectivity index (χ4v) is 2.82. The van der Waals surface area contributed by atoms with Gasteiger partial charge in [-0.25, -0.2) is 0 Å². The Labute approximate surface area is 149 Å². The fourth-order valence-electron chi connectivity index (χ4n) is 2.23. The summed E-state index contributed by atoms with van der Waals surface area (Å²) in [5.74, 6) is 1.59. The van der Waals surface area contributed by atoms with E-state index in [0.29, 0.717) is 28.9 Å². The molecule has 128 valence electrons. The van der Waals surface area contributed by atoms with Crippen molar-refractivity contribution in [3.05, 3.63) is 54.1 Å². The minimum absolute atomic E-state index is 0.276. The third kappa shape index (κ3) is 3.95. The van der Waals surface area contributed by atoms with Crippen LogP contribution in [0.2, 0.25) is 0 Å². The number of carbonyl (C=O) groups is 1. The van der Waals surface area contributed by atoms with E-state index in [1.54, 1.807) is 25.3 Å². The quantitative estimate of drug-likeness (QED) is 0.727. The summed E-state index contributed by atoms with van der Waals surface area (Å²) in [5.41, 5.74) is 1.32. The van der Waals surface area contributed by atoms with Gasteiger partial charge in [-0.1, -0.05) is 12.1 Å². The van der Waals surface area contributed by atoms with Crippen LogP contribution in [-0.4, -0.2) is 29.0 Å². The van der Waals surface area contributed by atoms with Crippen LogP contribution in [0.25, 0.3) is 11.4 Å². The zero-order chi connectivity index (χ0) is 17.6. The monoisotopic (exact) mass is 355 g/mol. The maximum atomic E-state index is 12.5. The lowest BCUT2D eigenvalue weighted by atomic mass is 10.2. The van der Waals surface area contributed by atoms with Crippen molar-refractivity contribution < 1.29 is 14.3 Å². The van der Waals surface area contributed by atoms with E-state index in [0.717, 1.165) is 22.8 Å². The number of hydrogen-bond donors (Lipinski definition) is 1. The van der Waals surface area contributed by atoms with E-state index < -0.39 is 0 Å². The van der Waals surface area contributed by atoms with E-state index in [9.17, 15) is 4.79 Å². The molecule has 0 fully saturated rings. The number of hydrogen-bond acceptors (Lipinski definition) is 6. The first kappa shape index (κ1) is 16.9. The molecule has 1 heterocycles. The summed E-state index contributed by atoms with van der Waals surface area (Å²) in [5, 5.41) is 3.20. The fraction of sp³-hybridized carbons (Fsp3) is 0.167. The molecule has 0 aliphatic rings. The highest BCUT2D eigenvalue weighted by molar-refractivity contribution is 7.10. The van der Waals surface area contributed by atoms with Gasteiger partial charge in [0.05, 0.1) is 19.3 Å². The van der Waals surface area contributed by atoms with Gasteiger partial charge < -0.3 is 9.47 Å². The topological polar surface area (TPSA) is 73.3 Å². The standard InChI is InChI=1S/C18H17N3O3S/c1-3-24-15-7-5-4-6-14(15)17(22)20-18-19-16(21-25-18)12-8-10-13(23-2)11-9-12/h4-11H,3H2,1-2H3,(H,19,20,21,22). The number of nitrogens with zero attached hydrogens (tertiary/aromatic N) is 2. The van der Waals surface area contributed by atoms with Gasteiger partial charge in [-0.2, -0.15) is 9.36 Å². The Balaban J connectivity index is 1.76. The summed E-state index contributed by atoms with van der Waals surface area (Å²) in [4.78, 5) is 16.8. The Hall–Kier alpha value is -2.93. The summed E-state index contributed by atoms with van der Waals surface area (Å²) < 4.78 is 14.9. The van der Waals surface area contributed by atoms with Crippen LogP contribution in [0.5, 0.6) is 11.5 Å². The van der Waals surface area contributed by atoms with Crippen molar-refractivity contribution in [1.82, 2.24) is 9.36 Å². The van der Waals surface area contributed by atoms with Gasteiger partial charge >= 0.3 is 0 Å². The number of ether oxygens (including phenoxy) is 2. The van der Waals surface area contributed by atoms with E-state index in [1.165, 1.54) is 0 Å². The molecule has 3 rings (SSSR count). The highest BCUT2D eigenvalue weighted by Crippen LogP contribution is 2.25. The molecule has 0 radical (unpaired) electrons. The highest BCUT2D eigenvalue weighted by atomic mass is 32.1. The number of benzene rings is 2. The Kier molecular flexibility index (Phi) is 5.25. The molecule has 0 unspecified atom stereocenters. The van der Waals surface area contributed by atoms with Gasteiger partial charge in [-0.3, -0.25) is 10.1 Å². The van der Waals surface area contributed by atoms with E-state index in [-0.39, 0.29) is 5.91 Å². The first-order valence-electron chi connectivity index (χ1n) is 7.72. The number of amides is 1. The third-order valence-electron chi connectivity index (χ3n) is 3.43. The minimum Gasteiger partial charge on any atom is -0.497 e. The number of para-hydroxylation sites is 1. The summed E-state index contributed by atoms with van der Waals surface area (Å²) >= 11 is 1.13. The largest absolute Gasteiger partial charge is 0.497 e. The molecular formula is C18H17N3O3S. The zero-order valence-corrected chi connectivity index (χ0v) is 14.7. The average molecular weight is 355 g/mol. The number of rotatable bonds is 6. The van der Waals surface area contributed by atoms with Gasteiger partial charge in [-0.05, 0) is 43.3 Å². The molecule has 0 spiro atoms. The minimum atomic E-state index is -0.276. The van der Waals surface area contributed by atoms with Crippen molar-refractivity contribution in [2.75, 3.05) is 19.0 Å². The van der Waals surface area contributed by atoms with E-state index >= 15 is 0 Å². The molecule has 1 N–H and O–H groups in total. The second-order valence-electron chi connectivity index (χ2n) is 5.03.